The normalized spacial score (nSPS) is 16.4. The Hall–Kier alpha value is -4.26. The molecule has 0 radical (unpaired) electrons. The van der Waals surface area contributed by atoms with Crippen LogP contribution in [0.5, 0.6) is 0 Å². The van der Waals surface area contributed by atoms with E-state index in [1.54, 1.807) is 0 Å². The topological polar surface area (TPSA) is 63.8 Å². The fourth-order valence-corrected chi connectivity index (χ4v) is 6.75. The SMILES string of the molecule is Cc1[nH]c2ccccc2c1[C@@H](c1cccnc1)N1CCN([C@@H](c2cccnc2)c2c(C)[nH]c3ccccc23)CC1. The summed E-state index contributed by atoms with van der Waals surface area (Å²) in [6, 6.07) is 26.1. The predicted molar refractivity (Wildman–Crippen MR) is 161 cm³/mol. The van der Waals surface area contributed by atoms with Crippen LogP contribution in [0.1, 0.15) is 45.7 Å². The van der Waals surface area contributed by atoms with Crippen LogP contribution in [0.25, 0.3) is 21.8 Å². The first-order valence-electron chi connectivity index (χ1n) is 14.1. The summed E-state index contributed by atoms with van der Waals surface area (Å²) in [4.78, 5) is 21.6. The Morgan fingerprint density at radius 1 is 0.575 bits per heavy atom. The molecule has 0 bridgehead atoms. The smallest absolute Gasteiger partial charge is 0.0641 e. The fourth-order valence-electron chi connectivity index (χ4n) is 6.75. The molecule has 7 rings (SSSR count). The third-order valence-corrected chi connectivity index (χ3v) is 8.51. The highest BCUT2D eigenvalue weighted by Crippen LogP contribution is 2.39. The number of benzene rings is 2. The number of para-hydroxylation sites is 2. The number of nitrogens with zero attached hydrogens (tertiary/aromatic N) is 4. The van der Waals surface area contributed by atoms with Crippen molar-refractivity contribution in [1.82, 2.24) is 29.7 Å². The van der Waals surface area contributed by atoms with Crippen LogP contribution in [-0.4, -0.2) is 55.9 Å². The van der Waals surface area contributed by atoms with Crippen molar-refractivity contribution in [2.45, 2.75) is 25.9 Å². The van der Waals surface area contributed by atoms with E-state index in [-0.39, 0.29) is 12.1 Å². The van der Waals surface area contributed by atoms with Crippen LogP contribution in [0, 0.1) is 13.8 Å². The summed E-state index contributed by atoms with van der Waals surface area (Å²) in [5, 5.41) is 2.58. The van der Waals surface area contributed by atoms with Crippen LogP contribution in [0.15, 0.2) is 97.6 Å². The Morgan fingerprint density at radius 3 is 1.40 bits per heavy atom. The van der Waals surface area contributed by atoms with Crippen molar-refractivity contribution in [2.75, 3.05) is 26.2 Å². The maximum atomic E-state index is 4.52. The lowest BCUT2D eigenvalue weighted by atomic mass is 9.93. The second-order valence-corrected chi connectivity index (χ2v) is 10.9. The van der Waals surface area contributed by atoms with Gasteiger partial charge >= 0.3 is 0 Å². The zero-order valence-corrected chi connectivity index (χ0v) is 23.0. The molecule has 0 spiro atoms. The molecule has 6 aromatic rings. The number of hydrogen-bond donors (Lipinski definition) is 2. The van der Waals surface area contributed by atoms with Gasteiger partial charge in [0.2, 0.25) is 0 Å². The van der Waals surface area contributed by atoms with Gasteiger partial charge in [-0.3, -0.25) is 19.8 Å². The number of piperazine rings is 1. The monoisotopic (exact) mass is 526 g/mol. The van der Waals surface area contributed by atoms with E-state index >= 15 is 0 Å². The van der Waals surface area contributed by atoms with Gasteiger partial charge in [-0.1, -0.05) is 48.5 Å². The summed E-state index contributed by atoms with van der Waals surface area (Å²) < 4.78 is 0. The highest BCUT2D eigenvalue weighted by molar-refractivity contribution is 5.86. The van der Waals surface area contributed by atoms with Gasteiger partial charge in [0, 0.05) is 95.3 Å². The molecule has 0 amide bonds. The van der Waals surface area contributed by atoms with Crippen molar-refractivity contribution < 1.29 is 0 Å². The number of aromatic nitrogens is 4. The number of fused-ring (bicyclic) bond motifs is 2. The Morgan fingerprint density at radius 2 is 1.00 bits per heavy atom. The van der Waals surface area contributed by atoms with Gasteiger partial charge in [-0.25, -0.2) is 0 Å². The molecular formula is C34H34N6. The largest absolute Gasteiger partial charge is 0.358 e. The van der Waals surface area contributed by atoms with E-state index in [4.69, 9.17) is 0 Å². The first-order valence-corrected chi connectivity index (χ1v) is 14.1. The third-order valence-electron chi connectivity index (χ3n) is 8.51. The van der Waals surface area contributed by atoms with Crippen molar-refractivity contribution in [3.8, 4) is 0 Å². The molecule has 4 aromatic heterocycles. The maximum absolute atomic E-state index is 4.52. The number of aromatic amines is 2. The van der Waals surface area contributed by atoms with E-state index in [9.17, 15) is 0 Å². The fraction of sp³-hybridized carbons (Fsp3) is 0.235. The summed E-state index contributed by atoms with van der Waals surface area (Å²) in [6.45, 7) is 8.22. The Kier molecular flexibility index (Phi) is 6.42. The van der Waals surface area contributed by atoms with Crippen molar-refractivity contribution in [3.63, 3.8) is 0 Å². The average molecular weight is 527 g/mol. The van der Waals surface area contributed by atoms with Crippen LogP contribution in [-0.2, 0) is 0 Å². The minimum Gasteiger partial charge on any atom is -0.358 e. The van der Waals surface area contributed by atoms with Gasteiger partial charge in [-0.2, -0.15) is 0 Å². The van der Waals surface area contributed by atoms with Gasteiger partial charge in [0.25, 0.3) is 0 Å². The van der Waals surface area contributed by atoms with E-state index < -0.39 is 0 Å². The molecule has 6 heteroatoms. The number of H-pyrrole nitrogens is 2. The van der Waals surface area contributed by atoms with Crippen molar-refractivity contribution in [3.05, 3.63) is 131 Å². The Bertz CT molecular complexity index is 1610. The Labute approximate surface area is 234 Å². The molecule has 5 heterocycles. The van der Waals surface area contributed by atoms with E-state index in [1.807, 2.05) is 24.8 Å². The molecule has 0 aliphatic carbocycles. The highest BCUT2D eigenvalue weighted by Gasteiger charge is 2.34. The van der Waals surface area contributed by atoms with Gasteiger partial charge in [0.15, 0.2) is 0 Å². The zero-order valence-electron chi connectivity index (χ0n) is 23.0. The van der Waals surface area contributed by atoms with Crippen molar-refractivity contribution >= 4 is 21.8 Å². The molecule has 1 fully saturated rings. The summed E-state index contributed by atoms with van der Waals surface area (Å²) in [6.07, 6.45) is 7.79. The second-order valence-electron chi connectivity index (χ2n) is 10.9. The quantitative estimate of drug-likeness (QED) is 0.258. The molecule has 2 N–H and O–H groups in total. The van der Waals surface area contributed by atoms with Gasteiger partial charge in [0.1, 0.15) is 0 Å². The lowest BCUT2D eigenvalue weighted by Crippen LogP contribution is -2.49. The average Bonchev–Trinajstić information content (AvgIpc) is 3.51. The second kappa shape index (κ2) is 10.4. The van der Waals surface area contributed by atoms with Gasteiger partial charge in [0.05, 0.1) is 12.1 Å². The molecule has 0 unspecified atom stereocenters. The van der Waals surface area contributed by atoms with Gasteiger partial charge < -0.3 is 9.97 Å². The predicted octanol–water partition coefficient (Wildman–Crippen LogP) is 6.55. The molecule has 2 aromatic carbocycles. The van der Waals surface area contributed by atoms with Crippen molar-refractivity contribution in [2.24, 2.45) is 0 Å². The number of pyridine rings is 2. The molecule has 6 nitrogen and oxygen atoms in total. The summed E-state index contributed by atoms with van der Waals surface area (Å²) in [7, 11) is 0. The van der Waals surface area contributed by atoms with E-state index in [1.165, 1.54) is 55.4 Å². The van der Waals surface area contributed by atoms with Gasteiger partial charge in [-0.05, 0) is 49.2 Å². The molecule has 2 atom stereocenters. The van der Waals surface area contributed by atoms with Crippen molar-refractivity contribution in [1.29, 1.82) is 0 Å². The maximum Gasteiger partial charge on any atom is 0.0641 e. The molecule has 1 aliphatic heterocycles. The first kappa shape index (κ1) is 24.8. The summed E-state index contributed by atoms with van der Waals surface area (Å²) in [5.74, 6) is 0. The molecule has 1 aliphatic rings. The first-order chi connectivity index (χ1) is 19.7. The molecule has 0 saturated carbocycles. The summed E-state index contributed by atoms with van der Waals surface area (Å²) >= 11 is 0. The van der Waals surface area contributed by atoms with Crippen LogP contribution in [0.2, 0.25) is 0 Å². The number of nitrogens with one attached hydrogen (secondary N) is 2. The third kappa shape index (κ3) is 4.30. The van der Waals surface area contributed by atoms with E-state index in [0.717, 1.165) is 26.2 Å². The summed E-state index contributed by atoms with van der Waals surface area (Å²) in [5.41, 5.74) is 10.0. The molecule has 200 valence electrons. The zero-order chi connectivity index (χ0) is 27.1. The molecular weight excluding hydrogens is 492 g/mol. The lowest BCUT2D eigenvalue weighted by Gasteiger charge is -2.43. The minimum absolute atomic E-state index is 0.138. The van der Waals surface area contributed by atoms with Crippen LogP contribution < -0.4 is 0 Å². The van der Waals surface area contributed by atoms with Gasteiger partial charge in [-0.15, -0.1) is 0 Å². The van der Waals surface area contributed by atoms with E-state index in [0.29, 0.717) is 0 Å². The Balaban J connectivity index is 1.25. The standard InChI is InChI=1S/C34H34N6/c1-23-31(27-11-3-5-13-29(27)37-23)33(25-9-7-15-35-21-25)39-17-19-40(20-18-39)34(26-10-8-16-36-22-26)32-24(2)38-30-14-6-4-12-28(30)32/h3-16,21-22,33-34,37-38H,17-20H2,1-2H3/t33-,34+. The molecule has 1 saturated heterocycles. The number of rotatable bonds is 6. The lowest BCUT2D eigenvalue weighted by molar-refractivity contribution is 0.0901. The van der Waals surface area contributed by atoms with E-state index in [2.05, 4.69) is 116 Å². The van der Waals surface area contributed by atoms with Crippen LogP contribution >= 0.6 is 0 Å². The van der Waals surface area contributed by atoms with Crippen LogP contribution in [0.3, 0.4) is 0 Å². The number of hydrogen-bond acceptors (Lipinski definition) is 4. The minimum atomic E-state index is 0.138. The highest BCUT2D eigenvalue weighted by atomic mass is 15.3. The molecule has 40 heavy (non-hydrogen) atoms. The number of aryl methyl sites for hydroxylation is 2. The van der Waals surface area contributed by atoms with Crippen LogP contribution in [0.4, 0.5) is 0 Å².